The van der Waals surface area contributed by atoms with Crippen molar-refractivity contribution in [2.75, 3.05) is 0 Å². The number of benzene rings is 1. The maximum Gasteiger partial charge on any atom is 0.287 e. The van der Waals surface area contributed by atoms with Gasteiger partial charge in [-0.1, -0.05) is 30.0 Å². The average molecular weight is 379 g/mol. The molecule has 0 saturated carbocycles. The number of fused-ring (bicyclic) bond motifs is 1. The molecule has 1 aromatic carbocycles. The highest BCUT2D eigenvalue weighted by Crippen LogP contribution is 2.28. The second-order valence-electron chi connectivity index (χ2n) is 6.00. The molecule has 4 aromatic rings. The first kappa shape index (κ1) is 17.4. The predicted molar refractivity (Wildman–Crippen MR) is 102 cm³/mol. The van der Waals surface area contributed by atoms with E-state index in [0.717, 1.165) is 22.2 Å². The van der Waals surface area contributed by atoms with Crippen molar-refractivity contribution >= 4 is 28.8 Å². The molecule has 0 saturated heterocycles. The molecular weight excluding hydrogens is 362 g/mol. The topological polar surface area (TPSA) is 81.2 Å². The summed E-state index contributed by atoms with van der Waals surface area (Å²) in [7, 11) is 0. The lowest BCUT2D eigenvalue weighted by molar-refractivity contribution is 0.0921. The minimum Gasteiger partial charge on any atom is -0.455 e. The minimum atomic E-state index is -0.257. The van der Waals surface area contributed by atoms with Crippen molar-refractivity contribution in [2.45, 2.75) is 24.4 Å². The van der Waals surface area contributed by atoms with Gasteiger partial charge in [0.15, 0.2) is 11.3 Å². The van der Waals surface area contributed by atoms with Crippen molar-refractivity contribution < 1.29 is 13.6 Å². The molecule has 4 rings (SSSR count). The molecule has 3 heterocycles. The van der Waals surface area contributed by atoms with Gasteiger partial charge in [-0.05, 0) is 42.3 Å². The van der Waals surface area contributed by atoms with Crippen molar-refractivity contribution in [1.82, 2.24) is 15.3 Å². The first-order valence-corrected chi connectivity index (χ1v) is 9.42. The molecular formula is C20H17N3O3S. The van der Waals surface area contributed by atoms with Crippen molar-refractivity contribution in [3.63, 3.8) is 0 Å². The fraction of sp³-hybridized carbons (Fsp3) is 0.150. The second-order valence-corrected chi connectivity index (χ2v) is 6.93. The molecule has 0 aliphatic rings. The van der Waals surface area contributed by atoms with Crippen molar-refractivity contribution in [3.05, 3.63) is 77.5 Å². The van der Waals surface area contributed by atoms with Gasteiger partial charge in [0.2, 0.25) is 0 Å². The van der Waals surface area contributed by atoms with Gasteiger partial charge in [-0.3, -0.25) is 9.78 Å². The number of hydrogen-bond donors (Lipinski definition) is 1. The van der Waals surface area contributed by atoms with Crippen LogP contribution in [0.5, 0.6) is 0 Å². The third kappa shape index (κ3) is 4.03. The predicted octanol–water partition coefficient (Wildman–Crippen LogP) is 4.35. The molecule has 136 valence electrons. The Kier molecular flexibility index (Phi) is 4.93. The smallest absolute Gasteiger partial charge is 0.287 e. The van der Waals surface area contributed by atoms with Gasteiger partial charge in [0.1, 0.15) is 11.3 Å². The number of rotatable bonds is 6. The second kappa shape index (κ2) is 7.67. The van der Waals surface area contributed by atoms with E-state index in [4.69, 9.17) is 8.83 Å². The van der Waals surface area contributed by atoms with Crippen LogP contribution < -0.4 is 5.32 Å². The van der Waals surface area contributed by atoms with E-state index < -0.39 is 0 Å². The normalized spacial score (nSPS) is 11.0. The maximum absolute atomic E-state index is 12.2. The zero-order chi connectivity index (χ0) is 18.6. The summed E-state index contributed by atoms with van der Waals surface area (Å²) in [6.45, 7) is 2.40. The summed E-state index contributed by atoms with van der Waals surface area (Å²) in [6, 6.07) is 13.0. The third-order valence-electron chi connectivity index (χ3n) is 4.00. The molecule has 7 heteroatoms. The van der Waals surface area contributed by atoms with Crippen LogP contribution in [0.4, 0.5) is 0 Å². The van der Waals surface area contributed by atoms with E-state index in [2.05, 4.69) is 15.3 Å². The van der Waals surface area contributed by atoms with E-state index in [0.29, 0.717) is 23.3 Å². The number of hydrogen-bond acceptors (Lipinski definition) is 6. The lowest BCUT2D eigenvalue weighted by Gasteiger charge is -2.02. The Hall–Kier alpha value is -3.06. The molecule has 27 heavy (non-hydrogen) atoms. The van der Waals surface area contributed by atoms with Gasteiger partial charge in [0, 0.05) is 18.9 Å². The summed E-state index contributed by atoms with van der Waals surface area (Å²) in [6.07, 6.45) is 3.41. The fourth-order valence-electron chi connectivity index (χ4n) is 2.61. The summed E-state index contributed by atoms with van der Waals surface area (Å²) in [5.41, 5.74) is 3.65. The molecule has 0 spiro atoms. The number of nitrogens with one attached hydrogen (secondary N) is 1. The average Bonchev–Trinajstić information content (AvgIpc) is 3.33. The zero-order valence-corrected chi connectivity index (χ0v) is 15.5. The van der Waals surface area contributed by atoms with Gasteiger partial charge in [0.05, 0.1) is 5.75 Å². The van der Waals surface area contributed by atoms with Gasteiger partial charge in [-0.25, -0.2) is 4.98 Å². The Labute approximate surface area is 160 Å². The molecule has 0 bridgehead atoms. The molecule has 0 aliphatic carbocycles. The standard InChI is InChI=1S/C20H17N3O3S/c1-13-4-2-6-16-18(13)23-20(26-16)27-12-15-7-8-17(25-15)19(24)22-11-14-5-3-9-21-10-14/h2-10H,11-12H2,1H3,(H,22,24). The number of aromatic nitrogens is 2. The first-order chi connectivity index (χ1) is 13.2. The van der Waals surface area contributed by atoms with E-state index in [1.807, 2.05) is 37.3 Å². The third-order valence-corrected chi connectivity index (χ3v) is 4.85. The van der Waals surface area contributed by atoms with E-state index in [9.17, 15) is 4.79 Å². The van der Waals surface area contributed by atoms with Crippen LogP contribution in [-0.2, 0) is 12.3 Å². The van der Waals surface area contributed by atoms with Gasteiger partial charge < -0.3 is 14.2 Å². The molecule has 0 unspecified atom stereocenters. The van der Waals surface area contributed by atoms with Gasteiger partial charge in [-0.2, -0.15) is 0 Å². The number of carbonyl (C=O) groups excluding carboxylic acids is 1. The Morgan fingerprint density at radius 3 is 2.89 bits per heavy atom. The highest BCUT2D eigenvalue weighted by atomic mass is 32.2. The Bertz CT molecular complexity index is 1070. The summed E-state index contributed by atoms with van der Waals surface area (Å²) < 4.78 is 11.4. The van der Waals surface area contributed by atoms with Crippen LogP contribution in [0.15, 0.2) is 68.9 Å². The van der Waals surface area contributed by atoms with Crippen LogP contribution in [0.1, 0.15) is 27.4 Å². The van der Waals surface area contributed by atoms with Gasteiger partial charge >= 0.3 is 0 Å². The Balaban J connectivity index is 1.36. The molecule has 3 aromatic heterocycles. The zero-order valence-electron chi connectivity index (χ0n) is 14.6. The number of pyridine rings is 1. The fourth-order valence-corrected chi connectivity index (χ4v) is 3.34. The number of para-hydroxylation sites is 1. The number of oxazole rings is 1. The van der Waals surface area contributed by atoms with Crippen LogP contribution >= 0.6 is 11.8 Å². The molecule has 1 N–H and O–H groups in total. The van der Waals surface area contributed by atoms with E-state index in [-0.39, 0.29) is 11.7 Å². The number of carbonyl (C=O) groups is 1. The maximum atomic E-state index is 12.2. The molecule has 0 atom stereocenters. The highest BCUT2D eigenvalue weighted by molar-refractivity contribution is 7.98. The van der Waals surface area contributed by atoms with Gasteiger partial charge in [0.25, 0.3) is 11.1 Å². The lowest BCUT2D eigenvalue weighted by Crippen LogP contribution is -2.22. The number of aryl methyl sites for hydroxylation is 1. The van der Waals surface area contributed by atoms with Gasteiger partial charge in [-0.15, -0.1) is 0 Å². The van der Waals surface area contributed by atoms with Crippen LogP contribution in [0, 0.1) is 6.92 Å². The largest absolute Gasteiger partial charge is 0.455 e. The number of amides is 1. The number of nitrogens with zero attached hydrogens (tertiary/aromatic N) is 2. The number of thioether (sulfide) groups is 1. The lowest BCUT2D eigenvalue weighted by atomic mass is 10.2. The van der Waals surface area contributed by atoms with Crippen LogP contribution in [-0.4, -0.2) is 15.9 Å². The minimum absolute atomic E-state index is 0.257. The molecule has 1 amide bonds. The van der Waals surface area contributed by atoms with Crippen LogP contribution in [0.25, 0.3) is 11.1 Å². The molecule has 6 nitrogen and oxygen atoms in total. The van der Waals surface area contributed by atoms with E-state index in [1.54, 1.807) is 24.5 Å². The molecule has 0 radical (unpaired) electrons. The summed E-state index contributed by atoms with van der Waals surface area (Å²) in [5, 5.41) is 3.40. The Morgan fingerprint density at radius 2 is 2.07 bits per heavy atom. The quantitative estimate of drug-likeness (QED) is 0.502. The SMILES string of the molecule is Cc1cccc2oc(SCc3ccc(C(=O)NCc4cccnc4)o3)nc12. The van der Waals surface area contributed by atoms with Crippen molar-refractivity contribution in [3.8, 4) is 0 Å². The summed E-state index contributed by atoms with van der Waals surface area (Å²) in [4.78, 5) is 20.7. The highest BCUT2D eigenvalue weighted by Gasteiger charge is 2.13. The monoisotopic (exact) mass is 379 g/mol. The number of furan rings is 1. The summed E-state index contributed by atoms with van der Waals surface area (Å²) >= 11 is 1.43. The van der Waals surface area contributed by atoms with Crippen molar-refractivity contribution in [2.24, 2.45) is 0 Å². The molecule has 0 aliphatic heterocycles. The summed E-state index contributed by atoms with van der Waals surface area (Å²) in [5.74, 6) is 1.24. The first-order valence-electron chi connectivity index (χ1n) is 8.44. The van der Waals surface area contributed by atoms with E-state index in [1.165, 1.54) is 11.8 Å². The van der Waals surface area contributed by atoms with E-state index >= 15 is 0 Å². The Morgan fingerprint density at radius 1 is 1.15 bits per heavy atom. The van der Waals surface area contributed by atoms with Crippen LogP contribution in [0.2, 0.25) is 0 Å². The molecule has 0 fully saturated rings. The van der Waals surface area contributed by atoms with Crippen molar-refractivity contribution in [1.29, 1.82) is 0 Å². The van der Waals surface area contributed by atoms with Crippen LogP contribution in [0.3, 0.4) is 0 Å².